The van der Waals surface area contributed by atoms with E-state index in [-0.39, 0.29) is 11.7 Å². The molecule has 1 N–H and O–H groups in total. The highest BCUT2D eigenvalue weighted by atomic mass is 32.1. The number of fused-ring (bicyclic) bond motifs is 1. The molecule has 1 aliphatic carbocycles. The van der Waals surface area contributed by atoms with Crippen LogP contribution in [0.1, 0.15) is 35.0 Å². The van der Waals surface area contributed by atoms with Crippen molar-refractivity contribution in [1.82, 2.24) is 10.1 Å². The van der Waals surface area contributed by atoms with Crippen molar-refractivity contribution < 1.29 is 9.32 Å². The fraction of sp³-hybridized carbons (Fsp3) is 0.214. The molecule has 1 fully saturated rings. The lowest BCUT2D eigenvalue weighted by molar-refractivity contribution is 0.0988. The summed E-state index contributed by atoms with van der Waals surface area (Å²) in [7, 11) is 0. The third-order valence-electron chi connectivity index (χ3n) is 3.34. The van der Waals surface area contributed by atoms with Crippen molar-refractivity contribution in [2.75, 3.05) is 5.32 Å². The zero-order chi connectivity index (χ0) is 13.5. The summed E-state index contributed by atoms with van der Waals surface area (Å²) in [5, 5.41) is 6.74. The second-order valence-electron chi connectivity index (χ2n) is 4.88. The lowest BCUT2D eigenvalue weighted by Gasteiger charge is -2.01. The minimum Gasteiger partial charge on any atom is -0.351 e. The summed E-state index contributed by atoms with van der Waals surface area (Å²) in [5.74, 6) is 0.455. The van der Waals surface area contributed by atoms with Gasteiger partial charge in [-0.05, 0) is 31.0 Å². The van der Waals surface area contributed by atoms with Gasteiger partial charge in [0.15, 0.2) is 0 Å². The molecule has 0 radical (unpaired) electrons. The van der Waals surface area contributed by atoms with E-state index in [9.17, 15) is 4.79 Å². The summed E-state index contributed by atoms with van der Waals surface area (Å²) in [5.41, 5.74) is 4.25. The van der Waals surface area contributed by atoms with Crippen LogP contribution in [0.5, 0.6) is 0 Å². The molecule has 100 valence electrons. The van der Waals surface area contributed by atoms with Crippen LogP contribution >= 0.6 is 11.3 Å². The second-order valence-corrected chi connectivity index (χ2v) is 5.77. The maximum Gasteiger partial charge on any atom is 0.294 e. The Balaban J connectivity index is 1.55. The lowest BCUT2D eigenvalue weighted by atomic mass is 10.2. The quantitative estimate of drug-likeness (QED) is 0.800. The molecule has 6 heteroatoms. The first-order chi connectivity index (χ1) is 9.79. The third-order valence-corrected chi connectivity index (χ3v) is 4.15. The molecular weight excluding hydrogens is 274 g/mol. The highest BCUT2D eigenvalue weighted by Gasteiger charge is 2.28. The number of hydrogen-bond donors (Lipinski definition) is 1. The number of rotatable bonds is 3. The summed E-state index contributed by atoms with van der Waals surface area (Å²) in [6, 6.07) is 7.38. The normalized spacial score (nSPS) is 14.6. The van der Waals surface area contributed by atoms with Crippen LogP contribution in [-0.2, 0) is 0 Å². The van der Waals surface area contributed by atoms with Gasteiger partial charge in [-0.2, -0.15) is 0 Å². The second kappa shape index (κ2) is 4.42. The Bertz CT molecular complexity index is 788. The molecule has 0 aliphatic heterocycles. The highest BCUT2D eigenvalue weighted by Crippen LogP contribution is 2.39. The van der Waals surface area contributed by atoms with Gasteiger partial charge in [0.25, 0.3) is 5.91 Å². The summed E-state index contributed by atoms with van der Waals surface area (Å²) in [6.07, 6.45) is 2.27. The summed E-state index contributed by atoms with van der Waals surface area (Å²) in [4.78, 5) is 16.3. The summed E-state index contributed by atoms with van der Waals surface area (Å²) in [6.45, 7) is 0. The van der Waals surface area contributed by atoms with Gasteiger partial charge in [0.05, 0.1) is 21.4 Å². The number of hydrogen-bond acceptors (Lipinski definition) is 5. The molecule has 1 aromatic carbocycles. The molecule has 1 amide bonds. The molecule has 0 bridgehead atoms. The first-order valence-electron chi connectivity index (χ1n) is 6.41. The molecule has 1 aliphatic rings. The van der Waals surface area contributed by atoms with Crippen LogP contribution in [0.2, 0.25) is 0 Å². The monoisotopic (exact) mass is 285 g/mol. The number of thiazole rings is 1. The molecule has 0 spiro atoms. The van der Waals surface area contributed by atoms with Crippen molar-refractivity contribution in [1.29, 1.82) is 0 Å². The average molecular weight is 285 g/mol. The zero-order valence-electron chi connectivity index (χ0n) is 10.5. The number of nitrogens with zero attached hydrogens (tertiary/aromatic N) is 2. The standard InChI is InChI=1S/C14H11N3O2S/c18-14(12-6-10(17-19-12)8-1-2-8)16-9-3-4-13-11(5-9)15-7-20-13/h3-8H,1-2H2,(H,16,18). The largest absolute Gasteiger partial charge is 0.351 e. The summed E-state index contributed by atoms with van der Waals surface area (Å²) < 4.78 is 6.19. The Morgan fingerprint density at radius 2 is 2.25 bits per heavy atom. The van der Waals surface area contributed by atoms with Crippen molar-refractivity contribution in [2.24, 2.45) is 0 Å². The van der Waals surface area contributed by atoms with Crippen molar-refractivity contribution in [2.45, 2.75) is 18.8 Å². The number of carbonyl (C=O) groups is 1. The van der Waals surface area contributed by atoms with Crippen LogP contribution in [0, 0.1) is 0 Å². The van der Waals surface area contributed by atoms with E-state index in [0.29, 0.717) is 11.6 Å². The smallest absolute Gasteiger partial charge is 0.294 e. The van der Waals surface area contributed by atoms with E-state index in [4.69, 9.17) is 4.52 Å². The summed E-state index contributed by atoms with van der Waals surface area (Å²) >= 11 is 1.57. The van der Waals surface area contributed by atoms with E-state index in [0.717, 1.165) is 28.8 Å². The SMILES string of the molecule is O=C(Nc1ccc2scnc2c1)c1cc(C2CC2)no1. The predicted octanol–water partition coefficient (Wildman–Crippen LogP) is 3.41. The van der Waals surface area contributed by atoms with Gasteiger partial charge in [0, 0.05) is 17.7 Å². The molecular formula is C14H11N3O2S. The Morgan fingerprint density at radius 1 is 1.35 bits per heavy atom. The fourth-order valence-electron chi connectivity index (χ4n) is 2.10. The van der Waals surface area contributed by atoms with E-state index in [1.54, 1.807) is 22.9 Å². The zero-order valence-corrected chi connectivity index (χ0v) is 11.3. The Kier molecular flexibility index (Phi) is 2.56. The first-order valence-corrected chi connectivity index (χ1v) is 7.29. The maximum absolute atomic E-state index is 12.1. The molecule has 0 saturated heterocycles. The molecule has 5 nitrogen and oxygen atoms in total. The van der Waals surface area contributed by atoms with Crippen LogP contribution in [-0.4, -0.2) is 16.0 Å². The number of anilines is 1. The van der Waals surface area contributed by atoms with Crippen molar-refractivity contribution in [3.05, 3.63) is 41.2 Å². The van der Waals surface area contributed by atoms with Crippen molar-refractivity contribution in [3.63, 3.8) is 0 Å². The van der Waals surface area contributed by atoms with Crippen LogP contribution in [0.3, 0.4) is 0 Å². The fourth-order valence-corrected chi connectivity index (χ4v) is 2.75. The highest BCUT2D eigenvalue weighted by molar-refractivity contribution is 7.16. The van der Waals surface area contributed by atoms with Crippen LogP contribution in [0.4, 0.5) is 5.69 Å². The van der Waals surface area contributed by atoms with Gasteiger partial charge in [0.2, 0.25) is 5.76 Å². The van der Waals surface area contributed by atoms with E-state index >= 15 is 0 Å². The van der Waals surface area contributed by atoms with Gasteiger partial charge >= 0.3 is 0 Å². The predicted molar refractivity (Wildman–Crippen MR) is 76.1 cm³/mol. The Hall–Kier alpha value is -2.21. The molecule has 0 atom stereocenters. The molecule has 4 rings (SSSR count). The molecule has 20 heavy (non-hydrogen) atoms. The van der Waals surface area contributed by atoms with E-state index in [1.807, 2.05) is 18.2 Å². The molecule has 0 unspecified atom stereocenters. The third kappa shape index (κ3) is 2.08. The minimum atomic E-state index is -0.279. The van der Waals surface area contributed by atoms with Crippen LogP contribution < -0.4 is 5.32 Å². The van der Waals surface area contributed by atoms with Crippen molar-refractivity contribution >= 4 is 33.1 Å². The van der Waals surface area contributed by atoms with Gasteiger partial charge < -0.3 is 9.84 Å². The van der Waals surface area contributed by atoms with Gasteiger partial charge in [0.1, 0.15) is 0 Å². The van der Waals surface area contributed by atoms with Gasteiger partial charge in [-0.1, -0.05) is 5.16 Å². The molecule has 2 heterocycles. The van der Waals surface area contributed by atoms with Gasteiger partial charge in [-0.3, -0.25) is 4.79 Å². The van der Waals surface area contributed by atoms with Crippen LogP contribution in [0.25, 0.3) is 10.2 Å². The lowest BCUT2D eigenvalue weighted by Crippen LogP contribution is -2.10. The first kappa shape index (κ1) is 11.6. The Morgan fingerprint density at radius 3 is 3.10 bits per heavy atom. The van der Waals surface area contributed by atoms with E-state index < -0.39 is 0 Å². The number of aromatic nitrogens is 2. The minimum absolute atomic E-state index is 0.255. The maximum atomic E-state index is 12.1. The van der Waals surface area contributed by atoms with Crippen molar-refractivity contribution in [3.8, 4) is 0 Å². The Labute approximate surface area is 118 Å². The van der Waals surface area contributed by atoms with E-state index in [1.165, 1.54) is 0 Å². The van der Waals surface area contributed by atoms with Gasteiger partial charge in [-0.25, -0.2) is 4.98 Å². The molecule has 1 saturated carbocycles. The van der Waals surface area contributed by atoms with Gasteiger partial charge in [-0.15, -0.1) is 11.3 Å². The van der Waals surface area contributed by atoms with Crippen LogP contribution in [0.15, 0.2) is 34.3 Å². The average Bonchev–Trinajstić information content (AvgIpc) is 3.01. The number of amides is 1. The topological polar surface area (TPSA) is 68.0 Å². The van der Waals surface area contributed by atoms with E-state index in [2.05, 4.69) is 15.5 Å². The number of carbonyl (C=O) groups excluding carboxylic acids is 1. The number of benzene rings is 1. The molecule has 3 aromatic rings. The molecule has 2 aromatic heterocycles. The number of nitrogens with one attached hydrogen (secondary N) is 1.